The molecule has 0 radical (unpaired) electrons. The molecule has 108 valence electrons. The van der Waals surface area contributed by atoms with Crippen molar-refractivity contribution in [1.29, 1.82) is 0 Å². The number of ether oxygens (including phenoxy) is 1. The second-order valence-electron chi connectivity index (χ2n) is 3.59. The molecule has 2 N–H and O–H groups in total. The highest BCUT2D eigenvalue weighted by molar-refractivity contribution is 5.81. The van der Waals surface area contributed by atoms with Crippen LogP contribution in [0.1, 0.15) is 5.56 Å². The SMILES string of the molecule is O=C(NCCOc1cccc(C#CCO)c1)C(F)(F)F. The minimum Gasteiger partial charge on any atom is -0.492 e. The number of rotatable bonds is 4. The Kier molecular flexibility index (Phi) is 5.87. The summed E-state index contributed by atoms with van der Waals surface area (Å²) in [5, 5.41) is 10.2. The van der Waals surface area contributed by atoms with Crippen LogP contribution in [-0.2, 0) is 4.79 Å². The number of halogens is 3. The van der Waals surface area contributed by atoms with Crippen LogP contribution < -0.4 is 10.1 Å². The Labute approximate surface area is 113 Å². The molecular formula is C13H12F3NO3. The molecule has 1 aromatic rings. The second-order valence-corrected chi connectivity index (χ2v) is 3.59. The van der Waals surface area contributed by atoms with E-state index in [1.54, 1.807) is 29.6 Å². The van der Waals surface area contributed by atoms with Crippen LogP contribution in [0.3, 0.4) is 0 Å². The summed E-state index contributed by atoms with van der Waals surface area (Å²) in [6.07, 6.45) is -4.89. The van der Waals surface area contributed by atoms with Crippen molar-refractivity contribution in [3.8, 4) is 17.6 Å². The van der Waals surface area contributed by atoms with Gasteiger partial charge >= 0.3 is 12.1 Å². The van der Waals surface area contributed by atoms with Gasteiger partial charge in [-0.2, -0.15) is 13.2 Å². The Balaban J connectivity index is 2.41. The van der Waals surface area contributed by atoms with Crippen LogP contribution in [0.15, 0.2) is 24.3 Å². The van der Waals surface area contributed by atoms with Crippen LogP contribution in [0.4, 0.5) is 13.2 Å². The zero-order valence-electron chi connectivity index (χ0n) is 10.3. The number of nitrogens with one attached hydrogen (secondary N) is 1. The smallest absolute Gasteiger partial charge is 0.471 e. The zero-order valence-corrected chi connectivity index (χ0v) is 10.3. The monoisotopic (exact) mass is 287 g/mol. The Morgan fingerprint density at radius 2 is 2.15 bits per heavy atom. The van der Waals surface area contributed by atoms with E-state index in [0.29, 0.717) is 11.3 Å². The molecule has 0 fully saturated rings. The van der Waals surface area contributed by atoms with Crippen molar-refractivity contribution in [3.63, 3.8) is 0 Å². The van der Waals surface area contributed by atoms with Crippen molar-refractivity contribution in [3.05, 3.63) is 29.8 Å². The molecule has 0 saturated heterocycles. The molecule has 0 heterocycles. The molecule has 0 atom stereocenters. The van der Waals surface area contributed by atoms with E-state index in [-0.39, 0.29) is 19.8 Å². The van der Waals surface area contributed by atoms with Crippen LogP contribution in [-0.4, -0.2) is 36.9 Å². The third-order valence-electron chi connectivity index (χ3n) is 2.06. The molecule has 4 nitrogen and oxygen atoms in total. The van der Waals surface area contributed by atoms with Crippen LogP contribution in [0.25, 0.3) is 0 Å². The van der Waals surface area contributed by atoms with Gasteiger partial charge in [-0.25, -0.2) is 0 Å². The summed E-state index contributed by atoms with van der Waals surface area (Å²) < 4.78 is 40.8. The lowest BCUT2D eigenvalue weighted by Crippen LogP contribution is -2.38. The zero-order chi connectivity index (χ0) is 15.0. The molecular weight excluding hydrogens is 275 g/mol. The van der Waals surface area contributed by atoms with Gasteiger partial charge in [-0.15, -0.1) is 0 Å². The van der Waals surface area contributed by atoms with E-state index in [4.69, 9.17) is 9.84 Å². The Morgan fingerprint density at radius 3 is 2.80 bits per heavy atom. The summed E-state index contributed by atoms with van der Waals surface area (Å²) >= 11 is 0. The highest BCUT2D eigenvalue weighted by atomic mass is 19.4. The molecule has 0 aliphatic rings. The third kappa shape index (κ3) is 5.63. The van der Waals surface area contributed by atoms with E-state index < -0.39 is 12.1 Å². The van der Waals surface area contributed by atoms with E-state index in [2.05, 4.69) is 11.8 Å². The molecule has 0 spiro atoms. The fourth-order valence-electron chi connectivity index (χ4n) is 1.24. The second kappa shape index (κ2) is 7.40. The van der Waals surface area contributed by atoms with Gasteiger partial charge in [0.2, 0.25) is 0 Å². The summed E-state index contributed by atoms with van der Waals surface area (Å²) in [6, 6.07) is 6.54. The molecule has 20 heavy (non-hydrogen) atoms. The average molecular weight is 287 g/mol. The predicted molar refractivity (Wildman–Crippen MR) is 65.0 cm³/mol. The molecule has 7 heteroatoms. The average Bonchev–Trinajstić information content (AvgIpc) is 2.40. The molecule has 1 amide bonds. The lowest BCUT2D eigenvalue weighted by Gasteiger charge is -2.09. The van der Waals surface area contributed by atoms with E-state index in [1.807, 2.05) is 0 Å². The number of amides is 1. The van der Waals surface area contributed by atoms with E-state index in [1.165, 1.54) is 0 Å². The van der Waals surface area contributed by atoms with Crippen molar-refractivity contribution in [1.82, 2.24) is 5.32 Å². The maximum absolute atomic E-state index is 11.9. The fraction of sp³-hybridized carbons (Fsp3) is 0.308. The first kappa shape index (κ1) is 15.9. The number of aliphatic hydroxyl groups is 1. The number of hydrogen-bond acceptors (Lipinski definition) is 3. The third-order valence-corrected chi connectivity index (χ3v) is 2.06. The molecule has 0 aliphatic heterocycles. The molecule has 0 saturated carbocycles. The standard InChI is InChI=1S/C13H12F3NO3/c14-13(15,16)12(19)17-6-8-20-11-5-1-3-10(9-11)4-2-7-18/h1,3,5,9,18H,6-8H2,(H,17,19). The molecule has 0 aromatic heterocycles. The minimum atomic E-state index is -4.89. The summed E-state index contributed by atoms with van der Waals surface area (Å²) in [5.41, 5.74) is 0.607. The van der Waals surface area contributed by atoms with Crippen molar-refractivity contribution in [2.45, 2.75) is 6.18 Å². The molecule has 1 aromatic carbocycles. The van der Waals surface area contributed by atoms with Crippen LogP contribution in [0.5, 0.6) is 5.75 Å². The highest BCUT2D eigenvalue weighted by Gasteiger charge is 2.38. The molecule has 0 unspecified atom stereocenters. The number of carbonyl (C=O) groups is 1. The summed E-state index contributed by atoms with van der Waals surface area (Å²) in [5.74, 6) is 3.54. The largest absolute Gasteiger partial charge is 0.492 e. The Morgan fingerprint density at radius 1 is 1.40 bits per heavy atom. The first-order chi connectivity index (χ1) is 9.43. The maximum atomic E-state index is 11.9. The minimum absolute atomic E-state index is 0.0985. The first-order valence-corrected chi connectivity index (χ1v) is 5.61. The number of hydrogen-bond donors (Lipinski definition) is 2. The quantitative estimate of drug-likeness (QED) is 0.644. The van der Waals surface area contributed by atoms with E-state index >= 15 is 0 Å². The van der Waals surface area contributed by atoms with Crippen LogP contribution in [0, 0.1) is 11.8 Å². The molecule has 1 rings (SSSR count). The topological polar surface area (TPSA) is 58.6 Å². The number of alkyl halides is 3. The van der Waals surface area contributed by atoms with Crippen molar-refractivity contribution >= 4 is 5.91 Å². The normalized spacial score (nSPS) is 10.4. The Hall–Kier alpha value is -2.20. The van der Waals surface area contributed by atoms with Gasteiger partial charge in [0.1, 0.15) is 19.0 Å². The van der Waals surface area contributed by atoms with Gasteiger partial charge in [-0.3, -0.25) is 4.79 Å². The maximum Gasteiger partial charge on any atom is 0.471 e. The van der Waals surface area contributed by atoms with Gasteiger partial charge in [0.25, 0.3) is 0 Å². The lowest BCUT2D eigenvalue weighted by molar-refractivity contribution is -0.173. The first-order valence-electron chi connectivity index (χ1n) is 5.61. The number of benzene rings is 1. The van der Waals surface area contributed by atoms with Gasteiger partial charge in [0, 0.05) is 5.56 Å². The summed E-state index contributed by atoms with van der Waals surface area (Å²) in [6.45, 7) is -0.627. The van der Waals surface area contributed by atoms with E-state index in [0.717, 1.165) is 0 Å². The number of carbonyl (C=O) groups excluding carboxylic acids is 1. The summed E-state index contributed by atoms with van der Waals surface area (Å²) in [7, 11) is 0. The van der Waals surface area contributed by atoms with Gasteiger partial charge in [-0.1, -0.05) is 17.9 Å². The van der Waals surface area contributed by atoms with Crippen molar-refractivity contribution < 1.29 is 27.8 Å². The van der Waals surface area contributed by atoms with E-state index in [9.17, 15) is 18.0 Å². The van der Waals surface area contributed by atoms with Crippen LogP contribution >= 0.6 is 0 Å². The Bertz CT molecular complexity index is 518. The highest BCUT2D eigenvalue weighted by Crippen LogP contribution is 2.14. The van der Waals surface area contributed by atoms with Crippen molar-refractivity contribution in [2.75, 3.05) is 19.8 Å². The lowest BCUT2D eigenvalue weighted by atomic mass is 10.2. The van der Waals surface area contributed by atoms with Gasteiger partial charge in [-0.05, 0) is 18.2 Å². The molecule has 0 aliphatic carbocycles. The van der Waals surface area contributed by atoms with Crippen molar-refractivity contribution in [2.24, 2.45) is 0 Å². The van der Waals surface area contributed by atoms with Crippen LogP contribution in [0.2, 0.25) is 0 Å². The fourth-order valence-corrected chi connectivity index (χ4v) is 1.24. The molecule has 0 bridgehead atoms. The predicted octanol–water partition coefficient (Wildman–Crippen LogP) is 1.09. The van der Waals surface area contributed by atoms with Gasteiger partial charge in [0.15, 0.2) is 0 Å². The summed E-state index contributed by atoms with van der Waals surface area (Å²) in [4.78, 5) is 10.5. The van der Waals surface area contributed by atoms with Gasteiger partial charge < -0.3 is 15.2 Å². The van der Waals surface area contributed by atoms with Gasteiger partial charge in [0.05, 0.1) is 6.54 Å². The number of aliphatic hydroxyl groups excluding tert-OH is 1.